The summed E-state index contributed by atoms with van der Waals surface area (Å²) in [5, 5.41) is 19.6. The fourth-order valence-corrected chi connectivity index (χ4v) is 6.46. The quantitative estimate of drug-likeness (QED) is 0.458. The SMILES string of the molecule is C=C1CC(OC(=O)c2ccccc2)[C@H]2[C@](C)(CO)CCC[C@]2(C)[C@H]1CC/C(C)=C/CO. The third-order valence-corrected chi connectivity index (χ3v) is 7.94. The Labute approximate surface area is 187 Å². The molecule has 2 N–H and O–H groups in total. The summed E-state index contributed by atoms with van der Waals surface area (Å²) >= 11 is 0. The van der Waals surface area contributed by atoms with Gasteiger partial charge in [-0.15, -0.1) is 0 Å². The average Bonchev–Trinajstić information content (AvgIpc) is 2.73. The lowest BCUT2D eigenvalue weighted by atomic mass is 9.46. The molecule has 5 atom stereocenters. The monoisotopic (exact) mass is 426 g/mol. The number of benzene rings is 1. The Morgan fingerprint density at radius 2 is 1.94 bits per heavy atom. The lowest BCUT2D eigenvalue weighted by molar-refractivity contribution is -0.145. The van der Waals surface area contributed by atoms with Crippen LogP contribution in [0.5, 0.6) is 0 Å². The molecule has 0 amide bonds. The first-order valence-electron chi connectivity index (χ1n) is 11.6. The van der Waals surface area contributed by atoms with Crippen molar-refractivity contribution in [3.8, 4) is 0 Å². The van der Waals surface area contributed by atoms with E-state index in [9.17, 15) is 15.0 Å². The molecule has 2 aliphatic rings. The number of ether oxygens (including phenoxy) is 1. The van der Waals surface area contributed by atoms with Gasteiger partial charge >= 0.3 is 5.97 Å². The van der Waals surface area contributed by atoms with Crippen molar-refractivity contribution in [3.63, 3.8) is 0 Å². The zero-order valence-electron chi connectivity index (χ0n) is 19.3. The molecule has 0 heterocycles. The van der Waals surface area contributed by atoms with Crippen LogP contribution in [-0.2, 0) is 4.74 Å². The van der Waals surface area contributed by atoms with Crippen molar-refractivity contribution in [3.05, 3.63) is 59.7 Å². The van der Waals surface area contributed by atoms with Crippen LogP contribution in [0.4, 0.5) is 0 Å². The van der Waals surface area contributed by atoms with Crippen molar-refractivity contribution in [2.75, 3.05) is 13.2 Å². The Kier molecular flexibility index (Phi) is 7.43. The summed E-state index contributed by atoms with van der Waals surface area (Å²) < 4.78 is 6.14. The molecule has 170 valence electrons. The number of esters is 1. The van der Waals surface area contributed by atoms with E-state index < -0.39 is 0 Å². The predicted octanol–water partition coefficient (Wildman–Crippen LogP) is 5.31. The van der Waals surface area contributed by atoms with Crippen molar-refractivity contribution in [2.24, 2.45) is 22.7 Å². The number of aliphatic hydroxyl groups is 2. The van der Waals surface area contributed by atoms with Gasteiger partial charge in [-0.1, -0.05) is 62.3 Å². The fourth-order valence-electron chi connectivity index (χ4n) is 6.46. The molecule has 0 bridgehead atoms. The minimum atomic E-state index is -0.299. The summed E-state index contributed by atoms with van der Waals surface area (Å²) in [6.45, 7) is 11.1. The lowest BCUT2D eigenvalue weighted by Crippen LogP contribution is -2.58. The molecule has 1 aromatic carbocycles. The molecule has 0 spiro atoms. The van der Waals surface area contributed by atoms with Gasteiger partial charge in [0, 0.05) is 18.9 Å². The van der Waals surface area contributed by atoms with Gasteiger partial charge in [-0.05, 0) is 61.5 Å². The van der Waals surface area contributed by atoms with Crippen LogP contribution in [0.2, 0.25) is 0 Å². The first kappa shape index (κ1) is 23.7. The van der Waals surface area contributed by atoms with Gasteiger partial charge in [-0.25, -0.2) is 4.79 Å². The summed E-state index contributed by atoms with van der Waals surface area (Å²) in [7, 11) is 0. The highest BCUT2D eigenvalue weighted by Gasteiger charge is 2.59. The molecule has 0 saturated heterocycles. The topological polar surface area (TPSA) is 66.8 Å². The highest BCUT2D eigenvalue weighted by Crippen LogP contribution is 2.62. The molecule has 2 saturated carbocycles. The van der Waals surface area contributed by atoms with E-state index in [2.05, 4.69) is 27.4 Å². The van der Waals surface area contributed by atoms with Crippen LogP contribution in [-0.4, -0.2) is 35.5 Å². The van der Waals surface area contributed by atoms with Crippen LogP contribution in [0.1, 0.15) is 69.7 Å². The maximum Gasteiger partial charge on any atom is 0.338 e. The molecule has 2 aliphatic carbocycles. The van der Waals surface area contributed by atoms with Gasteiger partial charge in [0.15, 0.2) is 0 Å². The minimum Gasteiger partial charge on any atom is -0.458 e. The van der Waals surface area contributed by atoms with Crippen molar-refractivity contribution < 1.29 is 19.7 Å². The zero-order valence-corrected chi connectivity index (χ0v) is 19.3. The van der Waals surface area contributed by atoms with Crippen LogP contribution in [0.25, 0.3) is 0 Å². The van der Waals surface area contributed by atoms with Crippen molar-refractivity contribution in [1.82, 2.24) is 0 Å². The number of carbonyl (C=O) groups excluding carboxylic acids is 1. The Balaban J connectivity index is 1.91. The highest BCUT2D eigenvalue weighted by atomic mass is 16.5. The standard InChI is InChI=1S/C27H38O4/c1-19(13-16-28)11-12-22-20(2)17-23(31-25(30)21-9-6-5-7-10-21)24-26(3,18-29)14-8-15-27(22,24)4/h5-7,9-10,13,22-24,28-29H,2,8,11-12,14-18H2,1,3-4H3/b19-13+/t22-,23?,24-,26-,27+/m0/s1. The number of allylic oxidation sites excluding steroid dienone is 1. The largest absolute Gasteiger partial charge is 0.458 e. The van der Waals surface area contributed by atoms with Crippen LogP contribution in [0, 0.1) is 22.7 Å². The van der Waals surface area contributed by atoms with Crippen LogP contribution in [0.15, 0.2) is 54.1 Å². The molecule has 3 rings (SSSR count). The van der Waals surface area contributed by atoms with Gasteiger partial charge in [-0.2, -0.15) is 0 Å². The second-order valence-electron chi connectivity index (χ2n) is 10.1. The maximum atomic E-state index is 12.9. The molecule has 0 aromatic heterocycles. The molecule has 1 aromatic rings. The molecule has 0 aliphatic heterocycles. The molecule has 4 nitrogen and oxygen atoms in total. The Morgan fingerprint density at radius 3 is 2.58 bits per heavy atom. The first-order chi connectivity index (χ1) is 14.7. The van der Waals surface area contributed by atoms with Crippen molar-refractivity contribution >= 4 is 5.97 Å². The Morgan fingerprint density at radius 1 is 1.23 bits per heavy atom. The van der Waals surface area contributed by atoms with E-state index >= 15 is 0 Å². The average molecular weight is 427 g/mol. The summed E-state index contributed by atoms with van der Waals surface area (Å²) in [5.74, 6) is 0.0771. The summed E-state index contributed by atoms with van der Waals surface area (Å²) in [6, 6.07) is 9.14. The number of carbonyl (C=O) groups is 1. The maximum absolute atomic E-state index is 12.9. The summed E-state index contributed by atoms with van der Waals surface area (Å²) in [5.41, 5.74) is 2.51. The smallest absolute Gasteiger partial charge is 0.338 e. The van der Waals surface area contributed by atoms with E-state index in [0.29, 0.717) is 17.9 Å². The van der Waals surface area contributed by atoms with Crippen LogP contribution < -0.4 is 0 Å². The van der Waals surface area contributed by atoms with E-state index in [4.69, 9.17) is 4.74 Å². The number of rotatable bonds is 7. The molecule has 2 fully saturated rings. The second-order valence-corrected chi connectivity index (χ2v) is 10.1. The number of hydrogen-bond donors (Lipinski definition) is 2. The fraction of sp³-hybridized carbons (Fsp3) is 0.593. The molecule has 4 heteroatoms. The molecule has 31 heavy (non-hydrogen) atoms. The van der Waals surface area contributed by atoms with Gasteiger partial charge in [0.05, 0.1) is 12.2 Å². The number of fused-ring (bicyclic) bond motifs is 1. The van der Waals surface area contributed by atoms with Gasteiger partial charge in [-0.3, -0.25) is 0 Å². The van der Waals surface area contributed by atoms with E-state index in [-0.39, 0.29) is 42.0 Å². The minimum absolute atomic E-state index is 0.0669. The van der Waals surface area contributed by atoms with E-state index in [0.717, 1.165) is 37.7 Å². The predicted molar refractivity (Wildman–Crippen MR) is 124 cm³/mol. The Hall–Kier alpha value is -1.91. The van der Waals surface area contributed by atoms with Gasteiger partial charge in [0.2, 0.25) is 0 Å². The lowest BCUT2D eigenvalue weighted by Gasteiger charge is -2.60. The van der Waals surface area contributed by atoms with Crippen LogP contribution in [0.3, 0.4) is 0 Å². The third-order valence-electron chi connectivity index (χ3n) is 7.94. The van der Waals surface area contributed by atoms with Gasteiger partial charge < -0.3 is 14.9 Å². The summed E-state index contributed by atoms with van der Waals surface area (Å²) in [4.78, 5) is 12.9. The van der Waals surface area contributed by atoms with E-state index in [1.165, 1.54) is 5.57 Å². The third kappa shape index (κ3) is 4.80. The number of aliphatic hydroxyl groups excluding tert-OH is 2. The second kappa shape index (κ2) is 9.70. The van der Waals surface area contributed by atoms with Crippen LogP contribution >= 0.6 is 0 Å². The molecular formula is C27H38O4. The van der Waals surface area contributed by atoms with E-state index in [1.807, 2.05) is 24.3 Å². The van der Waals surface area contributed by atoms with Gasteiger partial charge in [0.1, 0.15) is 6.10 Å². The molecule has 1 unspecified atom stereocenters. The highest BCUT2D eigenvalue weighted by molar-refractivity contribution is 5.89. The van der Waals surface area contributed by atoms with Crippen molar-refractivity contribution in [2.45, 2.75) is 65.4 Å². The van der Waals surface area contributed by atoms with E-state index in [1.54, 1.807) is 12.1 Å². The zero-order chi connectivity index (χ0) is 22.6. The Bertz CT molecular complexity index is 814. The first-order valence-corrected chi connectivity index (χ1v) is 11.6. The summed E-state index contributed by atoms with van der Waals surface area (Å²) in [6.07, 6.45) is 7.14. The molecular weight excluding hydrogens is 388 g/mol. The van der Waals surface area contributed by atoms with Gasteiger partial charge in [0.25, 0.3) is 0 Å². The molecule has 0 radical (unpaired) electrons. The van der Waals surface area contributed by atoms with Crippen molar-refractivity contribution in [1.29, 1.82) is 0 Å². The number of hydrogen-bond acceptors (Lipinski definition) is 4. The normalized spacial score (nSPS) is 33.6.